The highest BCUT2D eigenvalue weighted by molar-refractivity contribution is 5.27. The number of aryl methyl sites for hydroxylation is 1. The summed E-state index contributed by atoms with van der Waals surface area (Å²) in [6.45, 7) is 2.17. The maximum Gasteiger partial charge on any atom is 0.0491 e. The molecule has 1 heterocycles. The Balaban J connectivity index is 2.24. The highest BCUT2D eigenvalue weighted by Crippen LogP contribution is 2.36. The van der Waals surface area contributed by atoms with Gasteiger partial charge in [0.05, 0.1) is 0 Å². The Labute approximate surface area is 97.4 Å². The van der Waals surface area contributed by atoms with Gasteiger partial charge in [0.2, 0.25) is 0 Å². The van der Waals surface area contributed by atoms with Crippen molar-refractivity contribution in [2.75, 3.05) is 0 Å². The van der Waals surface area contributed by atoms with E-state index >= 15 is 0 Å². The van der Waals surface area contributed by atoms with E-state index in [9.17, 15) is 0 Å². The largest absolute Gasteiger partial charge is 0.271 e. The summed E-state index contributed by atoms with van der Waals surface area (Å²) < 4.78 is 0. The monoisotopic (exact) mass is 219 g/mol. The Morgan fingerprint density at radius 3 is 2.88 bits per heavy atom. The van der Waals surface area contributed by atoms with Crippen LogP contribution in [0.3, 0.4) is 0 Å². The van der Waals surface area contributed by atoms with Crippen LogP contribution in [0.15, 0.2) is 18.5 Å². The first-order valence-corrected chi connectivity index (χ1v) is 6.25. The number of nitrogens with zero attached hydrogens (tertiary/aromatic N) is 1. The van der Waals surface area contributed by atoms with Gasteiger partial charge >= 0.3 is 0 Å². The van der Waals surface area contributed by atoms with Crippen molar-refractivity contribution in [2.45, 2.75) is 45.1 Å². The third kappa shape index (κ3) is 2.25. The minimum atomic E-state index is 0.306. The van der Waals surface area contributed by atoms with Crippen LogP contribution >= 0.6 is 0 Å². The van der Waals surface area contributed by atoms with Gasteiger partial charge in [-0.2, -0.15) is 0 Å². The van der Waals surface area contributed by atoms with E-state index in [2.05, 4.69) is 23.4 Å². The van der Waals surface area contributed by atoms with Gasteiger partial charge in [0, 0.05) is 18.4 Å². The van der Waals surface area contributed by atoms with Crippen molar-refractivity contribution in [3.8, 4) is 0 Å². The second-order valence-corrected chi connectivity index (χ2v) is 4.62. The van der Waals surface area contributed by atoms with Gasteiger partial charge in [-0.25, -0.2) is 0 Å². The highest BCUT2D eigenvalue weighted by atomic mass is 15.2. The minimum Gasteiger partial charge on any atom is -0.271 e. The number of pyridine rings is 1. The van der Waals surface area contributed by atoms with Crippen LogP contribution in [0.25, 0.3) is 0 Å². The zero-order valence-electron chi connectivity index (χ0n) is 9.95. The normalized spacial score (nSPS) is 18.9. The summed E-state index contributed by atoms with van der Waals surface area (Å²) in [5.74, 6) is 6.43. The van der Waals surface area contributed by atoms with Crippen molar-refractivity contribution in [1.82, 2.24) is 10.4 Å². The fourth-order valence-corrected chi connectivity index (χ4v) is 2.81. The Kier molecular flexibility index (Phi) is 3.91. The number of nitrogens with one attached hydrogen (secondary N) is 1. The lowest BCUT2D eigenvalue weighted by Gasteiger charge is -2.24. The van der Waals surface area contributed by atoms with Gasteiger partial charge in [0.25, 0.3) is 0 Å². The third-order valence-electron chi connectivity index (χ3n) is 3.71. The van der Waals surface area contributed by atoms with E-state index in [-0.39, 0.29) is 0 Å². The van der Waals surface area contributed by atoms with Gasteiger partial charge in [-0.3, -0.25) is 16.3 Å². The van der Waals surface area contributed by atoms with Crippen molar-refractivity contribution in [2.24, 2.45) is 11.8 Å². The van der Waals surface area contributed by atoms with Gasteiger partial charge in [-0.1, -0.05) is 19.8 Å². The van der Waals surface area contributed by atoms with Crippen molar-refractivity contribution < 1.29 is 0 Å². The van der Waals surface area contributed by atoms with Gasteiger partial charge in [0.15, 0.2) is 0 Å². The molecule has 3 nitrogen and oxygen atoms in total. The second-order valence-electron chi connectivity index (χ2n) is 4.62. The summed E-state index contributed by atoms with van der Waals surface area (Å²) in [6, 6.07) is 2.42. The number of hydrogen-bond donors (Lipinski definition) is 2. The molecule has 1 aromatic heterocycles. The van der Waals surface area contributed by atoms with E-state index in [0.717, 1.165) is 6.42 Å². The molecule has 0 spiro atoms. The van der Waals surface area contributed by atoms with Crippen LogP contribution in [0, 0.1) is 5.92 Å². The van der Waals surface area contributed by atoms with Gasteiger partial charge in [0.1, 0.15) is 0 Å². The lowest BCUT2D eigenvalue weighted by molar-refractivity contribution is 0.371. The molecular weight excluding hydrogens is 198 g/mol. The second kappa shape index (κ2) is 5.41. The first-order chi connectivity index (χ1) is 7.86. The number of hydrogen-bond acceptors (Lipinski definition) is 3. The maximum absolute atomic E-state index is 5.74. The molecular formula is C13H21N3. The Bertz CT molecular complexity index is 332. The molecule has 88 valence electrons. The van der Waals surface area contributed by atoms with E-state index in [4.69, 9.17) is 5.84 Å². The molecule has 0 aromatic carbocycles. The van der Waals surface area contributed by atoms with Crippen LogP contribution < -0.4 is 11.3 Å². The standard InChI is InChI=1S/C13H21N3/c1-2-10-9-15-8-7-12(10)13(16-14)11-5-3-4-6-11/h7-9,11,13,16H,2-6,14H2,1H3. The summed E-state index contributed by atoms with van der Waals surface area (Å²) in [5.41, 5.74) is 5.66. The molecule has 16 heavy (non-hydrogen) atoms. The summed E-state index contributed by atoms with van der Waals surface area (Å²) in [4.78, 5) is 4.19. The molecule has 1 unspecified atom stereocenters. The molecule has 3 heteroatoms. The van der Waals surface area contributed by atoms with Crippen molar-refractivity contribution >= 4 is 0 Å². The predicted octanol–water partition coefficient (Wildman–Crippen LogP) is 2.34. The predicted molar refractivity (Wildman–Crippen MR) is 65.6 cm³/mol. The van der Waals surface area contributed by atoms with Crippen LogP contribution in [0.4, 0.5) is 0 Å². The molecule has 0 aliphatic heterocycles. The summed E-state index contributed by atoms with van der Waals surface area (Å²) in [5, 5.41) is 0. The Morgan fingerprint density at radius 2 is 2.25 bits per heavy atom. The zero-order chi connectivity index (χ0) is 11.4. The lowest BCUT2D eigenvalue weighted by atomic mass is 9.89. The van der Waals surface area contributed by atoms with Crippen LogP contribution in [0.5, 0.6) is 0 Å². The van der Waals surface area contributed by atoms with Crippen LogP contribution in [0.2, 0.25) is 0 Å². The number of rotatable bonds is 4. The lowest BCUT2D eigenvalue weighted by Crippen LogP contribution is -2.33. The summed E-state index contributed by atoms with van der Waals surface area (Å²) in [6.07, 6.45) is 10.1. The van der Waals surface area contributed by atoms with Gasteiger partial charge < -0.3 is 0 Å². The SMILES string of the molecule is CCc1cnccc1C(NN)C1CCCC1. The molecule has 1 saturated carbocycles. The van der Waals surface area contributed by atoms with Gasteiger partial charge in [-0.05, 0) is 42.4 Å². The number of nitrogens with two attached hydrogens (primary N) is 1. The summed E-state index contributed by atoms with van der Waals surface area (Å²) in [7, 11) is 0. The minimum absolute atomic E-state index is 0.306. The summed E-state index contributed by atoms with van der Waals surface area (Å²) >= 11 is 0. The van der Waals surface area contributed by atoms with E-state index in [1.54, 1.807) is 0 Å². The van der Waals surface area contributed by atoms with Crippen LogP contribution in [0.1, 0.15) is 49.8 Å². The molecule has 3 N–H and O–H groups in total. The van der Waals surface area contributed by atoms with Crippen molar-refractivity contribution in [3.63, 3.8) is 0 Å². The Hall–Kier alpha value is -0.930. The topological polar surface area (TPSA) is 50.9 Å². The molecule has 2 rings (SSSR count). The van der Waals surface area contributed by atoms with E-state index < -0.39 is 0 Å². The average molecular weight is 219 g/mol. The molecule has 0 radical (unpaired) electrons. The fourth-order valence-electron chi connectivity index (χ4n) is 2.81. The van der Waals surface area contributed by atoms with Crippen molar-refractivity contribution in [3.05, 3.63) is 29.6 Å². The molecule has 1 atom stereocenters. The van der Waals surface area contributed by atoms with Crippen LogP contribution in [-0.2, 0) is 6.42 Å². The quantitative estimate of drug-likeness (QED) is 0.603. The molecule has 0 amide bonds. The van der Waals surface area contributed by atoms with E-state index in [1.807, 2.05) is 12.4 Å². The smallest absolute Gasteiger partial charge is 0.0491 e. The van der Waals surface area contributed by atoms with Crippen LogP contribution in [-0.4, -0.2) is 4.98 Å². The molecule has 0 bridgehead atoms. The number of aromatic nitrogens is 1. The molecule has 0 saturated heterocycles. The zero-order valence-corrected chi connectivity index (χ0v) is 9.95. The molecule has 1 fully saturated rings. The highest BCUT2D eigenvalue weighted by Gasteiger charge is 2.26. The fraction of sp³-hybridized carbons (Fsp3) is 0.615. The van der Waals surface area contributed by atoms with Gasteiger partial charge in [-0.15, -0.1) is 0 Å². The molecule has 1 aromatic rings. The molecule has 1 aliphatic carbocycles. The average Bonchev–Trinajstić information content (AvgIpc) is 2.84. The maximum atomic E-state index is 5.74. The number of hydrazine groups is 1. The van der Waals surface area contributed by atoms with E-state index in [1.165, 1.54) is 36.8 Å². The van der Waals surface area contributed by atoms with E-state index in [0.29, 0.717) is 12.0 Å². The first-order valence-electron chi connectivity index (χ1n) is 6.25. The van der Waals surface area contributed by atoms with Crippen molar-refractivity contribution in [1.29, 1.82) is 0 Å². The first kappa shape index (κ1) is 11.6. The Morgan fingerprint density at radius 1 is 1.50 bits per heavy atom. The molecule has 1 aliphatic rings. The third-order valence-corrected chi connectivity index (χ3v) is 3.71.